The van der Waals surface area contributed by atoms with Crippen LogP contribution in [-0.2, 0) is 20.9 Å². The lowest BCUT2D eigenvalue weighted by Crippen LogP contribution is -2.64. The van der Waals surface area contributed by atoms with Crippen LogP contribution in [0.2, 0.25) is 0 Å². The van der Waals surface area contributed by atoms with Crippen LogP contribution in [0.5, 0.6) is 0 Å². The molecule has 0 radical (unpaired) electrons. The van der Waals surface area contributed by atoms with Crippen molar-refractivity contribution in [1.29, 1.82) is 0 Å². The number of fused-ring (bicyclic) bond motifs is 2. The summed E-state index contributed by atoms with van der Waals surface area (Å²) in [4.78, 5) is 38.4. The number of carbonyl (C=O) groups is 3. The van der Waals surface area contributed by atoms with Crippen molar-refractivity contribution in [2.75, 3.05) is 12.4 Å². The van der Waals surface area contributed by atoms with Crippen molar-refractivity contribution in [3.05, 3.63) is 23.1 Å². The Morgan fingerprint density at radius 3 is 2.77 bits per heavy atom. The van der Waals surface area contributed by atoms with Gasteiger partial charge in [-0.1, -0.05) is 30.0 Å². The Labute approximate surface area is 184 Å². The summed E-state index contributed by atoms with van der Waals surface area (Å²) in [5.41, 5.74) is 5.61. The average molecular weight is 469 g/mol. The largest absolute Gasteiger partial charge is 0.543 e. The van der Waals surface area contributed by atoms with E-state index in [1.165, 1.54) is 34.9 Å². The maximum absolute atomic E-state index is 12.8. The van der Waals surface area contributed by atoms with Crippen molar-refractivity contribution in [2.45, 2.75) is 37.6 Å². The molecule has 166 valence electrons. The third kappa shape index (κ3) is 3.33. The molecule has 0 aliphatic carbocycles. The number of β-lactam (4-membered cyclic amide) rings is 1. The number of alkyl halides is 1. The van der Waals surface area contributed by atoms with Gasteiger partial charge in [0.25, 0.3) is 12.2 Å². The topological polar surface area (TPSA) is 132 Å². The average Bonchev–Trinajstić information content (AvgIpc) is 3.27. The highest BCUT2D eigenvalue weighted by Gasteiger charge is 2.59. The number of aromatic nitrogens is 2. The molecule has 2 aliphatic heterocycles. The number of hydrogen-bond donors (Lipinski definition) is 2. The summed E-state index contributed by atoms with van der Waals surface area (Å²) in [6, 6.07) is -0.447. The van der Waals surface area contributed by atoms with Crippen LogP contribution in [0.15, 0.2) is 23.2 Å². The molecule has 3 N–H and O–H groups in total. The second kappa shape index (κ2) is 7.92. The lowest BCUT2D eigenvalue weighted by Gasteiger charge is -2.47. The maximum atomic E-state index is 12.8. The van der Waals surface area contributed by atoms with Gasteiger partial charge in [0.1, 0.15) is 6.20 Å². The number of hydrogen-bond acceptors (Lipinski definition) is 7. The number of nitrogens with zero attached hydrogens (tertiary/aromatic N) is 3. The van der Waals surface area contributed by atoms with Gasteiger partial charge >= 0.3 is 0 Å². The molecule has 9 nitrogen and oxygen atoms in total. The van der Waals surface area contributed by atoms with Crippen LogP contribution in [0.25, 0.3) is 10.4 Å². The van der Waals surface area contributed by atoms with E-state index in [9.17, 15) is 29.0 Å². The Balaban J connectivity index is 1.81. The predicted molar refractivity (Wildman–Crippen MR) is 108 cm³/mol. The number of thiazole rings is 1. The first-order chi connectivity index (χ1) is 14.7. The molecule has 2 aromatic rings. The smallest absolute Gasteiger partial charge is 0.259 e. The zero-order valence-electron chi connectivity index (χ0n) is 16.8. The number of carboxylic acids is 1. The van der Waals surface area contributed by atoms with E-state index in [4.69, 9.17) is 5.73 Å². The Morgan fingerprint density at radius 1 is 1.48 bits per heavy atom. The number of aliphatic hydroxyl groups is 1. The molecule has 4 atom stereocenters. The Bertz CT molecular complexity index is 1120. The van der Waals surface area contributed by atoms with Crippen molar-refractivity contribution in [2.24, 2.45) is 17.6 Å². The number of imidazole rings is 1. The molecule has 0 bridgehead atoms. The molecule has 4 rings (SSSR count). The molecule has 2 amide bonds. The van der Waals surface area contributed by atoms with E-state index in [0.717, 1.165) is 0 Å². The number of primary amides is 1. The summed E-state index contributed by atoms with van der Waals surface area (Å²) in [7, 11) is 0. The molecule has 31 heavy (non-hydrogen) atoms. The molecule has 12 heteroatoms. The number of carbonyl (C=O) groups excluding carboxylic acids is 3. The second-order valence-electron chi connectivity index (χ2n) is 7.66. The summed E-state index contributed by atoms with van der Waals surface area (Å²) in [6.07, 6.45) is 2.48. The van der Waals surface area contributed by atoms with Gasteiger partial charge in [-0.15, -0.1) is 0 Å². The quantitative estimate of drug-likeness (QED) is 0.295. The lowest BCUT2D eigenvalue weighted by molar-refractivity contribution is -0.717. The van der Waals surface area contributed by atoms with Crippen LogP contribution in [0, 0.1) is 11.8 Å². The Hall–Kier alpha value is -2.44. The van der Waals surface area contributed by atoms with Gasteiger partial charge in [-0.3, -0.25) is 14.0 Å². The second-order valence-corrected chi connectivity index (χ2v) is 9.78. The zero-order valence-corrected chi connectivity index (χ0v) is 18.4. The minimum atomic E-state index is -1.45. The minimum absolute atomic E-state index is 0.0673. The van der Waals surface area contributed by atoms with Crippen molar-refractivity contribution >= 4 is 51.3 Å². The normalized spacial score (nSPS) is 23.9. The minimum Gasteiger partial charge on any atom is -0.543 e. The SMILES string of the molecule is C[C@@H](O)[C@H]1C(=O)N2C(C(=O)[O-])=C(c3cn4c[n+](CC(N)=O)c(SCCF)c4s3)[C@H](C)[C@H]12. The Morgan fingerprint density at radius 2 is 2.19 bits per heavy atom. The van der Waals surface area contributed by atoms with Gasteiger partial charge in [0, 0.05) is 17.2 Å². The lowest BCUT2D eigenvalue weighted by atomic mass is 9.77. The van der Waals surface area contributed by atoms with Gasteiger partial charge in [-0.05, 0) is 6.92 Å². The van der Waals surface area contributed by atoms with Gasteiger partial charge in [0.05, 0.1) is 41.3 Å². The fourth-order valence-electron chi connectivity index (χ4n) is 4.50. The molecule has 0 spiro atoms. The van der Waals surface area contributed by atoms with E-state index >= 15 is 0 Å². The summed E-state index contributed by atoms with van der Waals surface area (Å²) in [5, 5.41) is 22.6. The van der Waals surface area contributed by atoms with Crippen LogP contribution >= 0.6 is 23.1 Å². The third-order valence-electron chi connectivity index (χ3n) is 5.68. The van der Waals surface area contributed by atoms with Gasteiger partial charge in [0.2, 0.25) is 15.8 Å². The zero-order chi connectivity index (χ0) is 22.6. The van der Waals surface area contributed by atoms with Crippen molar-refractivity contribution in [3.63, 3.8) is 0 Å². The van der Waals surface area contributed by atoms with Gasteiger partial charge in [-0.25, -0.2) is 4.57 Å². The number of rotatable bonds is 8. The molecule has 0 saturated carbocycles. The van der Waals surface area contributed by atoms with Crippen LogP contribution in [0.1, 0.15) is 18.7 Å². The third-order valence-corrected chi connectivity index (χ3v) is 8.01. The first-order valence-corrected chi connectivity index (χ1v) is 11.5. The monoisotopic (exact) mass is 468 g/mol. The van der Waals surface area contributed by atoms with E-state index in [1.54, 1.807) is 21.5 Å². The highest BCUT2D eigenvalue weighted by Crippen LogP contribution is 2.51. The predicted octanol–water partition coefficient (Wildman–Crippen LogP) is -0.846. The number of halogens is 1. The fraction of sp³-hybridized carbons (Fsp3) is 0.474. The van der Waals surface area contributed by atoms with Gasteiger partial charge in [0.15, 0.2) is 6.54 Å². The van der Waals surface area contributed by atoms with Crippen LogP contribution in [0.4, 0.5) is 4.39 Å². The van der Waals surface area contributed by atoms with E-state index in [1.807, 2.05) is 6.92 Å². The van der Waals surface area contributed by atoms with Crippen molar-refractivity contribution in [1.82, 2.24) is 9.30 Å². The number of aliphatic hydroxyl groups excluding tert-OH is 1. The molecule has 2 aromatic heterocycles. The van der Waals surface area contributed by atoms with Crippen molar-refractivity contribution < 1.29 is 33.6 Å². The summed E-state index contributed by atoms with van der Waals surface area (Å²) >= 11 is 2.52. The number of carboxylic acid groups (broad SMARTS) is 1. The van der Waals surface area contributed by atoms with Gasteiger partial charge < -0.3 is 25.6 Å². The molecular formula is C19H21FN4O5S2. The number of amides is 2. The van der Waals surface area contributed by atoms with E-state index in [2.05, 4.69) is 0 Å². The van der Waals surface area contributed by atoms with Crippen LogP contribution in [0.3, 0.4) is 0 Å². The highest BCUT2D eigenvalue weighted by atomic mass is 32.2. The molecule has 0 aromatic carbocycles. The van der Waals surface area contributed by atoms with Crippen LogP contribution in [-0.4, -0.2) is 56.8 Å². The van der Waals surface area contributed by atoms with Gasteiger partial charge in [-0.2, -0.15) is 4.40 Å². The number of thioether (sulfide) groups is 1. The standard InChI is InChI=1S/C19H21FN4O5S2/c1-8-12(15(19(28)29)24-14(8)13(9(2)25)16(24)27)10-5-22-7-23(6-11(21)26)17(18(22)31-10)30-4-3-20/h5,7-9,13-14,25H,3-4,6H2,1-2H3,(H2-,21,26,28,29)/t8-,9+,13+,14+/m0/s1. The highest BCUT2D eigenvalue weighted by molar-refractivity contribution is 7.99. The first-order valence-electron chi connectivity index (χ1n) is 9.65. The molecule has 1 fully saturated rings. The Kier molecular flexibility index (Phi) is 5.56. The molecule has 2 aliphatic rings. The first kappa shape index (κ1) is 21.8. The van der Waals surface area contributed by atoms with Crippen molar-refractivity contribution in [3.8, 4) is 0 Å². The molecular weight excluding hydrogens is 447 g/mol. The van der Waals surface area contributed by atoms with Crippen LogP contribution < -0.4 is 15.4 Å². The molecule has 1 saturated heterocycles. The van der Waals surface area contributed by atoms with E-state index in [0.29, 0.717) is 20.3 Å². The summed E-state index contributed by atoms with van der Waals surface area (Å²) < 4.78 is 16.2. The maximum Gasteiger partial charge on any atom is 0.259 e. The molecule has 0 unspecified atom stereocenters. The summed E-state index contributed by atoms with van der Waals surface area (Å²) in [5.74, 6) is -3.22. The fourth-order valence-corrected chi connectivity index (χ4v) is 6.76. The van der Waals surface area contributed by atoms with E-state index < -0.39 is 42.5 Å². The molecule has 4 heterocycles. The number of aliphatic carboxylic acids is 1. The van der Waals surface area contributed by atoms with E-state index in [-0.39, 0.29) is 23.9 Å². The summed E-state index contributed by atoms with van der Waals surface area (Å²) in [6.45, 7) is 2.73. The number of nitrogens with two attached hydrogens (primary N) is 1.